The topological polar surface area (TPSA) is 24.1 Å². The smallest absolute Gasteiger partial charge is 0.000825 e. The van der Waals surface area contributed by atoms with Gasteiger partial charge in [-0.1, -0.05) is 13.8 Å². The molecule has 2 aliphatic rings. The first-order valence-corrected chi connectivity index (χ1v) is 6.10. The zero-order chi connectivity index (χ0) is 10.0. The largest absolute Gasteiger partial charge is 0.316 e. The predicted molar refractivity (Wildman–Crippen MR) is 60.4 cm³/mol. The number of hydrogen-bond donors (Lipinski definition) is 2. The molecule has 2 rings (SSSR count). The van der Waals surface area contributed by atoms with Gasteiger partial charge < -0.3 is 10.6 Å². The molecule has 1 saturated carbocycles. The van der Waals surface area contributed by atoms with Gasteiger partial charge in [0.25, 0.3) is 0 Å². The van der Waals surface area contributed by atoms with Crippen molar-refractivity contribution in [3.63, 3.8) is 0 Å². The second kappa shape index (κ2) is 4.19. The van der Waals surface area contributed by atoms with Crippen LogP contribution in [0.3, 0.4) is 0 Å². The zero-order valence-electron chi connectivity index (χ0n) is 9.60. The minimum atomic E-state index is 0.637. The Hall–Kier alpha value is -0.0800. The molecule has 0 bridgehead atoms. The van der Waals surface area contributed by atoms with E-state index in [1.54, 1.807) is 0 Å². The summed E-state index contributed by atoms with van der Waals surface area (Å²) in [6.45, 7) is 9.67. The van der Waals surface area contributed by atoms with Crippen molar-refractivity contribution in [3.8, 4) is 0 Å². The fraction of sp³-hybridized carbons (Fsp3) is 1.00. The Morgan fingerprint density at radius 1 is 1.36 bits per heavy atom. The van der Waals surface area contributed by atoms with Gasteiger partial charge in [0, 0.05) is 0 Å². The van der Waals surface area contributed by atoms with Gasteiger partial charge in [-0.15, -0.1) is 0 Å². The fourth-order valence-corrected chi connectivity index (χ4v) is 2.48. The third kappa shape index (κ3) is 2.71. The molecule has 2 heteroatoms. The zero-order valence-corrected chi connectivity index (χ0v) is 9.60. The maximum absolute atomic E-state index is 3.63. The molecule has 2 N–H and O–H groups in total. The number of nitrogens with one attached hydrogen (secondary N) is 2. The van der Waals surface area contributed by atoms with Crippen molar-refractivity contribution in [1.29, 1.82) is 0 Å². The number of rotatable bonds is 4. The molecular formula is C12H24N2. The Morgan fingerprint density at radius 2 is 2.14 bits per heavy atom. The predicted octanol–water partition coefficient (Wildman–Crippen LogP) is 1.62. The summed E-state index contributed by atoms with van der Waals surface area (Å²) in [5.74, 6) is 1.82. The van der Waals surface area contributed by atoms with Crippen LogP contribution in [0.1, 0.15) is 33.1 Å². The van der Waals surface area contributed by atoms with Crippen molar-refractivity contribution in [2.45, 2.75) is 33.1 Å². The van der Waals surface area contributed by atoms with E-state index in [2.05, 4.69) is 24.5 Å². The van der Waals surface area contributed by atoms with Crippen LogP contribution >= 0.6 is 0 Å². The molecular weight excluding hydrogens is 172 g/mol. The van der Waals surface area contributed by atoms with Gasteiger partial charge >= 0.3 is 0 Å². The normalized spacial score (nSPS) is 35.6. The van der Waals surface area contributed by atoms with E-state index in [9.17, 15) is 0 Å². The molecule has 1 aliphatic heterocycles. The van der Waals surface area contributed by atoms with E-state index in [1.807, 2.05) is 0 Å². The summed E-state index contributed by atoms with van der Waals surface area (Å²) in [6, 6.07) is 0. The fourth-order valence-electron chi connectivity index (χ4n) is 2.48. The van der Waals surface area contributed by atoms with Crippen molar-refractivity contribution in [2.75, 3.05) is 26.2 Å². The van der Waals surface area contributed by atoms with Crippen LogP contribution in [0.4, 0.5) is 0 Å². The molecule has 1 aliphatic carbocycles. The lowest BCUT2D eigenvalue weighted by molar-refractivity contribution is 0.355. The van der Waals surface area contributed by atoms with Crippen LogP contribution in [0.2, 0.25) is 0 Å². The van der Waals surface area contributed by atoms with Crippen LogP contribution in [0.25, 0.3) is 0 Å². The Bertz CT molecular complexity index is 183. The first-order chi connectivity index (χ1) is 6.68. The van der Waals surface area contributed by atoms with E-state index >= 15 is 0 Å². The van der Waals surface area contributed by atoms with Gasteiger partial charge in [0.05, 0.1) is 0 Å². The Balaban J connectivity index is 1.54. The highest BCUT2D eigenvalue weighted by molar-refractivity contribution is 4.96. The Morgan fingerprint density at radius 3 is 2.71 bits per heavy atom. The summed E-state index contributed by atoms with van der Waals surface area (Å²) in [4.78, 5) is 0. The number of piperidine rings is 1. The Labute approximate surface area is 87.8 Å². The Kier molecular flexibility index (Phi) is 3.13. The van der Waals surface area contributed by atoms with Crippen LogP contribution in [-0.2, 0) is 0 Å². The molecule has 14 heavy (non-hydrogen) atoms. The molecule has 0 amide bonds. The highest BCUT2D eigenvalue weighted by Crippen LogP contribution is 2.50. The molecule has 0 radical (unpaired) electrons. The summed E-state index contributed by atoms with van der Waals surface area (Å²) < 4.78 is 0. The molecule has 1 heterocycles. The van der Waals surface area contributed by atoms with Gasteiger partial charge in [-0.05, 0) is 62.7 Å². The summed E-state index contributed by atoms with van der Waals surface area (Å²) in [5.41, 5.74) is 0.637. The maximum atomic E-state index is 3.63. The third-order valence-electron chi connectivity index (χ3n) is 3.94. The summed E-state index contributed by atoms with van der Waals surface area (Å²) in [6.07, 6.45) is 4.19. The van der Waals surface area contributed by atoms with Crippen LogP contribution in [0.15, 0.2) is 0 Å². The SMILES string of the molecule is CC1(C)CC1CNCC1CCCNC1. The summed E-state index contributed by atoms with van der Waals surface area (Å²) in [5, 5.41) is 7.10. The molecule has 2 nitrogen and oxygen atoms in total. The molecule has 0 spiro atoms. The van der Waals surface area contributed by atoms with Crippen molar-refractivity contribution in [1.82, 2.24) is 10.6 Å². The lowest BCUT2D eigenvalue weighted by atomic mass is 10.00. The lowest BCUT2D eigenvalue weighted by Crippen LogP contribution is -2.36. The van der Waals surface area contributed by atoms with Crippen LogP contribution in [0, 0.1) is 17.3 Å². The van der Waals surface area contributed by atoms with Crippen molar-refractivity contribution in [2.24, 2.45) is 17.3 Å². The van der Waals surface area contributed by atoms with E-state index in [0.717, 1.165) is 11.8 Å². The third-order valence-corrected chi connectivity index (χ3v) is 3.94. The van der Waals surface area contributed by atoms with E-state index in [-0.39, 0.29) is 0 Å². The van der Waals surface area contributed by atoms with Gasteiger partial charge in [0.2, 0.25) is 0 Å². The first-order valence-electron chi connectivity index (χ1n) is 6.10. The van der Waals surface area contributed by atoms with Crippen LogP contribution in [-0.4, -0.2) is 26.2 Å². The molecule has 0 aromatic carbocycles. The van der Waals surface area contributed by atoms with E-state index in [1.165, 1.54) is 45.4 Å². The van der Waals surface area contributed by atoms with Crippen molar-refractivity contribution >= 4 is 0 Å². The minimum Gasteiger partial charge on any atom is -0.316 e. The maximum Gasteiger partial charge on any atom is -0.000825 e. The summed E-state index contributed by atoms with van der Waals surface area (Å²) >= 11 is 0. The van der Waals surface area contributed by atoms with Gasteiger partial charge in [0.1, 0.15) is 0 Å². The van der Waals surface area contributed by atoms with Crippen molar-refractivity contribution < 1.29 is 0 Å². The van der Waals surface area contributed by atoms with Gasteiger partial charge in [0.15, 0.2) is 0 Å². The van der Waals surface area contributed by atoms with Crippen molar-refractivity contribution in [3.05, 3.63) is 0 Å². The molecule has 1 saturated heterocycles. The average molecular weight is 196 g/mol. The quantitative estimate of drug-likeness (QED) is 0.714. The monoisotopic (exact) mass is 196 g/mol. The standard InChI is InChI=1S/C12H24N2/c1-12(2)6-11(12)9-14-8-10-4-3-5-13-7-10/h10-11,13-14H,3-9H2,1-2H3. The first kappa shape index (κ1) is 10.4. The second-order valence-electron chi connectivity index (χ2n) is 5.76. The molecule has 0 aromatic heterocycles. The van der Waals surface area contributed by atoms with E-state index in [0.29, 0.717) is 5.41 Å². The highest BCUT2D eigenvalue weighted by atomic mass is 14.9. The molecule has 0 aromatic rings. The molecule has 82 valence electrons. The lowest BCUT2D eigenvalue weighted by Gasteiger charge is -2.23. The molecule has 2 unspecified atom stereocenters. The van der Waals surface area contributed by atoms with E-state index < -0.39 is 0 Å². The minimum absolute atomic E-state index is 0.637. The van der Waals surface area contributed by atoms with Gasteiger partial charge in [-0.2, -0.15) is 0 Å². The van der Waals surface area contributed by atoms with E-state index in [4.69, 9.17) is 0 Å². The van der Waals surface area contributed by atoms with Gasteiger partial charge in [-0.25, -0.2) is 0 Å². The second-order valence-corrected chi connectivity index (χ2v) is 5.76. The van der Waals surface area contributed by atoms with Crippen LogP contribution in [0.5, 0.6) is 0 Å². The highest BCUT2D eigenvalue weighted by Gasteiger charge is 2.44. The molecule has 2 fully saturated rings. The molecule has 2 atom stereocenters. The van der Waals surface area contributed by atoms with Gasteiger partial charge in [-0.3, -0.25) is 0 Å². The summed E-state index contributed by atoms with van der Waals surface area (Å²) in [7, 11) is 0. The van der Waals surface area contributed by atoms with Crippen LogP contribution < -0.4 is 10.6 Å². The number of hydrogen-bond acceptors (Lipinski definition) is 2. The average Bonchev–Trinajstić information content (AvgIpc) is 2.76.